The number of amides is 1. The number of hydrogen-bond donors (Lipinski definition) is 0. The molecule has 1 aromatic carbocycles. The molecule has 2 fully saturated rings. The molecule has 0 N–H and O–H groups in total. The van der Waals surface area contributed by atoms with E-state index in [0.717, 1.165) is 64.4 Å². The molecular formula is C21H32N2O3. The third-order valence-electron chi connectivity index (χ3n) is 5.89. The van der Waals surface area contributed by atoms with E-state index in [1.165, 1.54) is 5.56 Å². The lowest BCUT2D eigenvalue weighted by atomic mass is 9.89. The van der Waals surface area contributed by atoms with Crippen LogP contribution in [0.3, 0.4) is 0 Å². The van der Waals surface area contributed by atoms with E-state index in [9.17, 15) is 4.79 Å². The Morgan fingerprint density at radius 2 is 1.88 bits per heavy atom. The van der Waals surface area contributed by atoms with Gasteiger partial charge in [-0.1, -0.05) is 12.1 Å². The predicted molar refractivity (Wildman–Crippen MR) is 102 cm³/mol. The van der Waals surface area contributed by atoms with Crippen LogP contribution in [0, 0.1) is 5.92 Å². The molecule has 0 bridgehead atoms. The fourth-order valence-electron chi connectivity index (χ4n) is 4.12. The van der Waals surface area contributed by atoms with Gasteiger partial charge >= 0.3 is 0 Å². The Balaban J connectivity index is 1.53. The van der Waals surface area contributed by atoms with Crippen LogP contribution in [0.15, 0.2) is 24.3 Å². The average molecular weight is 360 g/mol. The summed E-state index contributed by atoms with van der Waals surface area (Å²) in [5, 5.41) is 0. The smallest absolute Gasteiger partial charge is 0.242 e. The van der Waals surface area contributed by atoms with Gasteiger partial charge in [0.2, 0.25) is 5.91 Å². The zero-order chi connectivity index (χ0) is 18.6. The van der Waals surface area contributed by atoms with Crippen molar-refractivity contribution in [3.63, 3.8) is 0 Å². The molecule has 0 aromatic heterocycles. The Bertz CT molecular complexity index is 603. The molecule has 1 aromatic rings. The van der Waals surface area contributed by atoms with Crippen molar-refractivity contribution in [2.45, 2.75) is 38.6 Å². The van der Waals surface area contributed by atoms with Crippen molar-refractivity contribution in [3.05, 3.63) is 29.8 Å². The Labute approximate surface area is 157 Å². The summed E-state index contributed by atoms with van der Waals surface area (Å²) in [6, 6.07) is 8.33. The number of hydrogen-bond acceptors (Lipinski definition) is 4. The molecule has 5 nitrogen and oxygen atoms in total. The number of rotatable bonds is 5. The molecular weight excluding hydrogens is 328 g/mol. The fourth-order valence-corrected chi connectivity index (χ4v) is 4.12. The maximum Gasteiger partial charge on any atom is 0.242 e. The van der Waals surface area contributed by atoms with E-state index in [2.05, 4.69) is 41.8 Å². The van der Waals surface area contributed by atoms with Crippen molar-refractivity contribution in [1.29, 1.82) is 0 Å². The van der Waals surface area contributed by atoms with Gasteiger partial charge in [0.15, 0.2) is 0 Å². The second kappa shape index (κ2) is 8.40. The van der Waals surface area contributed by atoms with Crippen LogP contribution < -0.4 is 4.74 Å². The van der Waals surface area contributed by atoms with Crippen molar-refractivity contribution in [2.24, 2.45) is 5.92 Å². The number of benzene rings is 1. The largest absolute Gasteiger partial charge is 0.497 e. The van der Waals surface area contributed by atoms with Crippen LogP contribution >= 0.6 is 0 Å². The summed E-state index contributed by atoms with van der Waals surface area (Å²) in [6.45, 7) is 8.96. The quantitative estimate of drug-likeness (QED) is 0.809. The van der Waals surface area contributed by atoms with Gasteiger partial charge in [0.05, 0.1) is 25.9 Å². The highest BCUT2D eigenvalue weighted by molar-refractivity contribution is 5.85. The highest BCUT2D eigenvalue weighted by atomic mass is 16.5. The van der Waals surface area contributed by atoms with E-state index >= 15 is 0 Å². The molecule has 0 aliphatic carbocycles. The van der Waals surface area contributed by atoms with Crippen LogP contribution in [0.4, 0.5) is 0 Å². The van der Waals surface area contributed by atoms with Crippen LogP contribution in [0.2, 0.25) is 0 Å². The molecule has 0 atom stereocenters. The highest BCUT2D eigenvalue weighted by Gasteiger charge is 2.39. The molecule has 1 amide bonds. The van der Waals surface area contributed by atoms with Crippen LogP contribution in [0.25, 0.3) is 0 Å². The van der Waals surface area contributed by atoms with Crippen LogP contribution in [0.1, 0.15) is 32.3 Å². The van der Waals surface area contributed by atoms with Crippen molar-refractivity contribution in [1.82, 2.24) is 9.80 Å². The minimum Gasteiger partial charge on any atom is -0.497 e. The number of carbonyl (C=O) groups excluding carboxylic acids is 1. The molecule has 26 heavy (non-hydrogen) atoms. The monoisotopic (exact) mass is 360 g/mol. The van der Waals surface area contributed by atoms with Crippen LogP contribution in [0.5, 0.6) is 5.75 Å². The van der Waals surface area contributed by atoms with Gasteiger partial charge in [0.25, 0.3) is 0 Å². The Morgan fingerprint density at radius 1 is 1.19 bits per heavy atom. The number of ether oxygens (including phenoxy) is 2. The number of methoxy groups -OCH3 is 1. The highest BCUT2D eigenvalue weighted by Crippen LogP contribution is 2.26. The lowest BCUT2D eigenvalue weighted by molar-refractivity contribution is -0.147. The van der Waals surface area contributed by atoms with Gasteiger partial charge in [-0.3, -0.25) is 9.69 Å². The van der Waals surface area contributed by atoms with Gasteiger partial charge in [-0.05, 0) is 56.7 Å². The Hall–Kier alpha value is -1.59. The summed E-state index contributed by atoms with van der Waals surface area (Å²) in [6.07, 6.45) is 3.20. The van der Waals surface area contributed by atoms with Gasteiger partial charge in [-0.2, -0.15) is 0 Å². The van der Waals surface area contributed by atoms with Crippen molar-refractivity contribution in [3.8, 4) is 5.75 Å². The minimum atomic E-state index is -0.441. The van der Waals surface area contributed by atoms with Crippen molar-refractivity contribution < 1.29 is 14.3 Å². The van der Waals surface area contributed by atoms with E-state index in [1.807, 2.05) is 6.07 Å². The van der Waals surface area contributed by atoms with Gasteiger partial charge in [-0.25, -0.2) is 0 Å². The summed E-state index contributed by atoms with van der Waals surface area (Å²) in [4.78, 5) is 17.4. The van der Waals surface area contributed by atoms with Gasteiger partial charge in [0, 0.05) is 26.2 Å². The first-order valence-electron chi connectivity index (χ1n) is 9.76. The normalized spacial score (nSPS) is 20.2. The first-order chi connectivity index (χ1) is 12.5. The lowest BCUT2D eigenvalue weighted by Gasteiger charge is -2.43. The van der Waals surface area contributed by atoms with E-state index in [4.69, 9.17) is 9.47 Å². The third-order valence-corrected chi connectivity index (χ3v) is 5.89. The summed E-state index contributed by atoms with van der Waals surface area (Å²) < 4.78 is 10.8. The van der Waals surface area contributed by atoms with E-state index < -0.39 is 5.54 Å². The molecule has 0 saturated carbocycles. The summed E-state index contributed by atoms with van der Waals surface area (Å²) in [5.74, 6) is 1.82. The fraction of sp³-hybridized carbons (Fsp3) is 0.667. The molecule has 5 heteroatoms. The molecule has 2 saturated heterocycles. The third kappa shape index (κ3) is 4.38. The second-order valence-corrected chi connectivity index (χ2v) is 7.95. The number of nitrogens with zero attached hydrogens (tertiary/aromatic N) is 2. The number of morpholine rings is 1. The first kappa shape index (κ1) is 19.2. The average Bonchev–Trinajstić information content (AvgIpc) is 2.69. The van der Waals surface area contributed by atoms with Gasteiger partial charge in [-0.15, -0.1) is 0 Å². The van der Waals surface area contributed by atoms with E-state index in [1.54, 1.807) is 7.11 Å². The molecule has 0 radical (unpaired) electrons. The maximum atomic E-state index is 13.1. The molecule has 0 unspecified atom stereocenters. The van der Waals surface area contributed by atoms with Crippen LogP contribution in [-0.4, -0.2) is 67.7 Å². The summed E-state index contributed by atoms with van der Waals surface area (Å²) in [5.41, 5.74) is 0.881. The molecule has 2 aliphatic heterocycles. The molecule has 0 spiro atoms. The van der Waals surface area contributed by atoms with E-state index in [0.29, 0.717) is 5.92 Å². The molecule has 2 heterocycles. The zero-order valence-electron chi connectivity index (χ0n) is 16.4. The second-order valence-electron chi connectivity index (χ2n) is 7.95. The lowest BCUT2D eigenvalue weighted by Crippen LogP contribution is -2.59. The number of carbonyl (C=O) groups is 1. The van der Waals surface area contributed by atoms with Crippen molar-refractivity contribution >= 4 is 5.91 Å². The standard InChI is InChI=1S/C21H32N2O3/c1-21(2,23-11-13-26-14-12-23)20(24)22-9-7-17(8-10-22)15-18-5-4-6-19(16-18)25-3/h4-6,16-17H,7-15H2,1-3H3. The Morgan fingerprint density at radius 3 is 2.54 bits per heavy atom. The maximum absolute atomic E-state index is 13.1. The van der Waals surface area contributed by atoms with Crippen LogP contribution in [-0.2, 0) is 16.0 Å². The SMILES string of the molecule is COc1cccc(CC2CCN(C(=O)C(C)(C)N3CCOCC3)CC2)c1. The number of likely N-dealkylation sites (tertiary alicyclic amines) is 1. The first-order valence-corrected chi connectivity index (χ1v) is 9.76. The van der Waals surface area contributed by atoms with Crippen molar-refractivity contribution in [2.75, 3.05) is 46.5 Å². The Kier molecular flexibility index (Phi) is 6.20. The summed E-state index contributed by atoms with van der Waals surface area (Å²) >= 11 is 0. The zero-order valence-corrected chi connectivity index (χ0v) is 16.4. The molecule has 144 valence electrons. The summed E-state index contributed by atoms with van der Waals surface area (Å²) in [7, 11) is 1.71. The predicted octanol–water partition coefficient (Wildman–Crippen LogP) is 2.59. The number of piperidine rings is 1. The van der Waals surface area contributed by atoms with Gasteiger partial charge in [0.1, 0.15) is 5.75 Å². The molecule has 2 aliphatic rings. The van der Waals surface area contributed by atoms with Gasteiger partial charge < -0.3 is 14.4 Å². The molecule has 3 rings (SSSR count). The topological polar surface area (TPSA) is 42.0 Å². The van der Waals surface area contributed by atoms with E-state index in [-0.39, 0.29) is 5.91 Å². The minimum absolute atomic E-state index is 0.263.